The summed E-state index contributed by atoms with van der Waals surface area (Å²) in [6.45, 7) is 5.23. The molecule has 0 saturated heterocycles. The zero-order valence-corrected chi connectivity index (χ0v) is 6.44. The van der Waals surface area contributed by atoms with Crippen LogP contribution in [0.25, 0.3) is 0 Å². The topological polar surface area (TPSA) is 57.5 Å². The van der Waals surface area contributed by atoms with Gasteiger partial charge < -0.3 is 10.2 Å². The van der Waals surface area contributed by atoms with Crippen LogP contribution < -0.4 is 0 Å². The van der Waals surface area contributed by atoms with Crippen LogP contribution in [0.15, 0.2) is 0 Å². The monoisotopic (exact) mass is 154 g/mol. The van der Waals surface area contributed by atoms with E-state index in [4.69, 9.17) is 15.0 Å². The molecule has 0 aromatic heterocycles. The smallest absolute Gasteiger partial charge is 0.401 e. The Labute approximate surface area is 59.3 Å². The van der Waals surface area contributed by atoms with Crippen LogP contribution in [0, 0.1) is 0 Å². The Kier molecular flexibility index (Phi) is 5.86. The van der Waals surface area contributed by atoms with E-state index < -0.39 is 11.0 Å². The second kappa shape index (κ2) is 4.58. The summed E-state index contributed by atoms with van der Waals surface area (Å²) in [4.78, 5) is 8.77. The molecule has 0 unspecified atom stereocenters. The summed E-state index contributed by atoms with van der Waals surface area (Å²) in [6, 6.07) is 0. The van der Waals surface area contributed by atoms with Crippen molar-refractivity contribution >= 4 is 17.0 Å². The normalized spacial score (nSPS) is 9.44. The van der Waals surface area contributed by atoms with Crippen LogP contribution in [0.4, 0.5) is 4.79 Å². The number of hydrogen-bond acceptors (Lipinski definition) is 2. The van der Waals surface area contributed by atoms with E-state index in [0.717, 1.165) is 0 Å². The van der Waals surface area contributed by atoms with Gasteiger partial charge in [0, 0.05) is 11.6 Å². The van der Waals surface area contributed by atoms with E-state index >= 15 is 0 Å². The van der Waals surface area contributed by atoms with Crippen molar-refractivity contribution in [1.82, 2.24) is 0 Å². The molecule has 0 fully saturated rings. The fourth-order valence-electron chi connectivity index (χ4n) is 0. The maximum absolute atomic E-state index is 8.77. The van der Waals surface area contributed by atoms with E-state index in [2.05, 4.69) is 11.6 Å². The Morgan fingerprint density at radius 3 is 1.44 bits per heavy atom. The molecule has 0 spiro atoms. The van der Waals surface area contributed by atoms with Gasteiger partial charge in [-0.3, -0.25) is 0 Å². The van der Waals surface area contributed by atoms with Gasteiger partial charge in [-0.2, -0.15) is 0 Å². The highest BCUT2D eigenvalue weighted by molar-refractivity contribution is 6.60. The lowest BCUT2D eigenvalue weighted by Crippen LogP contribution is -2.10. The summed E-state index contributed by atoms with van der Waals surface area (Å²) in [5, 5.41) is 15.7. The van der Waals surface area contributed by atoms with Crippen molar-refractivity contribution in [3.05, 3.63) is 0 Å². The highest BCUT2D eigenvalue weighted by Crippen LogP contribution is 1.93. The molecular weight excluding hydrogens is 144 g/mol. The molecule has 0 aliphatic rings. The number of aliphatic hydroxyl groups is 1. The molecule has 0 saturated carbocycles. The third kappa shape index (κ3) is 3220. The molecule has 0 rings (SSSR count). The van der Waals surface area contributed by atoms with Gasteiger partial charge >= 0.3 is 5.43 Å². The quantitative estimate of drug-likeness (QED) is 0.522. The van der Waals surface area contributed by atoms with Crippen LogP contribution in [-0.4, -0.2) is 21.2 Å². The molecule has 0 aliphatic heterocycles. The summed E-state index contributed by atoms with van der Waals surface area (Å²) in [5.74, 6) is 0. The molecule has 56 valence electrons. The lowest BCUT2D eigenvalue weighted by Gasteiger charge is -2.04. The van der Waals surface area contributed by atoms with Crippen LogP contribution >= 0.6 is 11.6 Å². The first-order valence-corrected chi connectivity index (χ1v) is 2.72. The minimum atomic E-state index is -1.36. The maximum atomic E-state index is 8.77. The first-order chi connectivity index (χ1) is 3.73. The second-order valence-corrected chi connectivity index (χ2v) is 2.75. The lowest BCUT2D eigenvalue weighted by atomic mass is 10.2. The van der Waals surface area contributed by atoms with Crippen LogP contribution in [0.2, 0.25) is 0 Å². The molecule has 0 radical (unpaired) electrons. The van der Waals surface area contributed by atoms with Crippen molar-refractivity contribution in [1.29, 1.82) is 0 Å². The van der Waals surface area contributed by atoms with Gasteiger partial charge in [-0.1, -0.05) is 0 Å². The standard InChI is InChI=1S/C4H10O.CHClO2/c1-4(2,3)5;2-1(3)4/h5H,1-3H3;(H,3,4). The largest absolute Gasteiger partial charge is 0.469 e. The summed E-state index contributed by atoms with van der Waals surface area (Å²) in [6.07, 6.45) is 0. The molecule has 0 aromatic carbocycles. The van der Waals surface area contributed by atoms with E-state index in [1.807, 2.05) is 0 Å². The molecule has 0 amide bonds. The zero-order valence-electron chi connectivity index (χ0n) is 5.68. The molecule has 0 bridgehead atoms. The van der Waals surface area contributed by atoms with E-state index in [-0.39, 0.29) is 0 Å². The van der Waals surface area contributed by atoms with E-state index in [1.54, 1.807) is 20.8 Å². The number of carboxylic acid groups (broad SMARTS) is 1. The molecule has 0 heterocycles. The third-order valence-electron chi connectivity index (χ3n) is 0. The van der Waals surface area contributed by atoms with Crippen molar-refractivity contribution in [2.45, 2.75) is 26.4 Å². The lowest BCUT2D eigenvalue weighted by molar-refractivity contribution is 0.102. The highest BCUT2D eigenvalue weighted by Gasteiger charge is 1.97. The summed E-state index contributed by atoms with van der Waals surface area (Å²) >= 11 is 4.19. The Morgan fingerprint density at radius 2 is 1.44 bits per heavy atom. The molecule has 0 atom stereocenters. The van der Waals surface area contributed by atoms with Crippen LogP contribution in [0.3, 0.4) is 0 Å². The van der Waals surface area contributed by atoms with Crippen molar-refractivity contribution in [2.24, 2.45) is 0 Å². The maximum Gasteiger partial charge on any atom is 0.401 e. The van der Waals surface area contributed by atoms with Gasteiger partial charge in [-0.15, -0.1) is 0 Å². The summed E-state index contributed by atoms with van der Waals surface area (Å²) in [5.41, 5.74) is -1.86. The molecule has 2 N–H and O–H groups in total. The average Bonchev–Trinajstić information content (AvgIpc) is 1.19. The predicted octanol–water partition coefficient (Wildman–Crippen LogP) is 1.68. The Hall–Kier alpha value is -0.280. The molecule has 4 heteroatoms. The van der Waals surface area contributed by atoms with Gasteiger partial charge in [-0.25, -0.2) is 4.79 Å². The van der Waals surface area contributed by atoms with E-state index in [0.29, 0.717) is 0 Å². The van der Waals surface area contributed by atoms with E-state index in [1.165, 1.54) is 0 Å². The first-order valence-electron chi connectivity index (χ1n) is 2.34. The van der Waals surface area contributed by atoms with Gasteiger partial charge in [0.2, 0.25) is 0 Å². The first kappa shape index (κ1) is 11.5. The van der Waals surface area contributed by atoms with Gasteiger partial charge in [-0.05, 0) is 20.8 Å². The number of carbonyl (C=O) groups is 1. The minimum absolute atomic E-state index is 0.500. The van der Waals surface area contributed by atoms with Gasteiger partial charge in [0.1, 0.15) is 0 Å². The van der Waals surface area contributed by atoms with Crippen molar-refractivity contribution in [2.75, 3.05) is 0 Å². The van der Waals surface area contributed by atoms with Gasteiger partial charge in [0.25, 0.3) is 0 Å². The molecule has 0 aromatic rings. The van der Waals surface area contributed by atoms with Crippen molar-refractivity contribution in [3.8, 4) is 0 Å². The Bertz CT molecular complexity index is 74.7. The van der Waals surface area contributed by atoms with Gasteiger partial charge in [0.15, 0.2) is 0 Å². The SMILES string of the molecule is CC(C)(C)O.O=C(O)Cl. The van der Waals surface area contributed by atoms with Crippen molar-refractivity contribution in [3.63, 3.8) is 0 Å². The fourth-order valence-corrected chi connectivity index (χ4v) is 0. The highest BCUT2D eigenvalue weighted by atomic mass is 35.5. The second-order valence-electron chi connectivity index (χ2n) is 2.42. The summed E-state index contributed by atoms with van der Waals surface area (Å²) in [7, 11) is 0. The molecular formula is C5H11ClO3. The predicted molar refractivity (Wildman–Crippen MR) is 35.8 cm³/mol. The average molecular weight is 155 g/mol. The minimum Gasteiger partial charge on any atom is -0.469 e. The van der Waals surface area contributed by atoms with Crippen LogP contribution in [0.5, 0.6) is 0 Å². The number of halogens is 1. The fraction of sp³-hybridized carbons (Fsp3) is 0.800. The van der Waals surface area contributed by atoms with Crippen LogP contribution in [0.1, 0.15) is 20.8 Å². The van der Waals surface area contributed by atoms with Crippen molar-refractivity contribution < 1.29 is 15.0 Å². The third-order valence-corrected chi connectivity index (χ3v) is 0. The number of hydrogen-bond donors (Lipinski definition) is 2. The summed E-state index contributed by atoms with van der Waals surface area (Å²) < 4.78 is 0. The van der Waals surface area contributed by atoms with E-state index in [9.17, 15) is 0 Å². The van der Waals surface area contributed by atoms with Crippen LogP contribution in [-0.2, 0) is 0 Å². The number of rotatable bonds is 0. The Morgan fingerprint density at radius 1 is 1.44 bits per heavy atom. The van der Waals surface area contributed by atoms with Gasteiger partial charge in [0.05, 0.1) is 5.60 Å². The molecule has 0 aliphatic carbocycles. The molecule has 9 heavy (non-hydrogen) atoms. The molecule has 3 nitrogen and oxygen atoms in total. The zero-order chi connectivity index (χ0) is 8.08. The Balaban J connectivity index is 0.